The minimum atomic E-state index is -0.165. The van der Waals surface area contributed by atoms with Gasteiger partial charge in [-0.1, -0.05) is 17.7 Å². The second-order valence-electron chi connectivity index (χ2n) is 6.78. The minimum absolute atomic E-state index is 0.0705. The summed E-state index contributed by atoms with van der Waals surface area (Å²) in [4.78, 5) is 29.3. The predicted molar refractivity (Wildman–Crippen MR) is 98.0 cm³/mol. The Morgan fingerprint density at radius 2 is 1.92 bits per heavy atom. The van der Waals surface area contributed by atoms with Crippen molar-refractivity contribution in [3.8, 4) is 0 Å². The Morgan fingerprint density at radius 3 is 2.68 bits per heavy atom. The number of hydrogen-bond donors (Lipinski definition) is 1. The van der Waals surface area contributed by atoms with E-state index < -0.39 is 0 Å². The standard InChI is InChI=1S/C20H21N3O2/c1-13-5-8-15(9-6-13)21-19(24)14-7-10-16-17(12-14)22(2)18-4-3-11-23(18)20(16)25/h5-10,12,18H,3-4,11H2,1-2H3,(H,21,24). The smallest absolute Gasteiger partial charge is 0.257 e. The van der Waals surface area contributed by atoms with E-state index in [9.17, 15) is 9.59 Å². The highest BCUT2D eigenvalue weighted by Gasteiger charge is 2.38. The first-order valence-electron chi connectivity index (χ1n) is 8.60. The van der Waals surface area contributed by atoms with Gasteiger partial charge < -0.3 is 15.1 Å². The quantitative estimate of drug-likeness (QED) is 0.916. The van der Waals surface area contributed by atoms with Gasteiger partial charge >= 0.3 is 0 Å². The molecule has 0 aliphatic carbocycles. The zero-order chi connectivity index (χ0) is 17.6. The highest BCUT2D eigenvalue weighted by atomic mass is 16.2. The van der Waals surface area contributed by atoms with Crippen molar-refractivity contribution >= 4 is 23.2 Å². The summed E-state index contributed by atoms with van der Waals surface area (Å²) in [5.41, 5.74) is 3.98. The largest absolute Gasteiger partial charge is 0.354 e. The molecule has 0 bridgehead atoms. The molecule has 2 aliphatic heterocycles. The van der Waals surface area contributed by atoms with Crippen molar-refractivity contribution in [1.29, 1.82) is 0 Å². The van der Waals surface area contributed by atoms with Crippen LogP contribution < -0.4 is 10.2 Å². The van der Waals surface area contributed by atoms with Crippen molar-refractivity contribution < 1.29 is 9.59 Å². The average Bonchev–Trinajstić information content (AvgIpc) is 3.11. The van der Waals surface area contributed by atoms with E-state index in [2.05, 4.69) is 10.2 Å². The number of nitrogens with zero attached hydrogens (tertiary/aromatic N) is 2. The SMILES string of the molecule is Cc1ccc(NC(=O)c2ccc3c(c2)N(C)C2CCCN2C3=O)cc1. The second-order valence-corrected chi connectivity index (χ2v) is 6.78. The molecule has 128 valence electrons. The van der Waals surface area contributed by atoms with Gasteiger partial charge in [-0.2, -0.15) is 0 Å². The summed E-state index contributed by atoms with van der Waals surface area (Å²) in [6.07, 6.45) is 2.10. The molecule has 0 aromatic heterocycles. The minimum Gasteiger partial charge on any atom is -0.354 e. The number of anilines is 2. The molecule has 1 N–H and O–H groups in total. The fourth-order valence-corrected chi connectivity index (χ4v) is 3.69. The van der Waals surface area contributed by atoms with Crippen LogP contribution in [0.5, 0.6) is 0 Å². The van der Waals surface area contributed by atoms with Gasteiger partial charge in [-0.3, -0.25) is 9.59 Å². The van der Waals surface area contributed by atoms with Gasteiger partial charge in [-0.15, -0.1) is 0 Å². The van der Waals surface area contributed by atoms with Crippen molar-refractivity contribution in [2.45, 2.75) is 25.9 Å². The van der Waals surface area contributed by atoms with Gasteiger partial charge in [0, 0.05) is 24.8 Å². The molecule has 0 radical (unpaired) electrons. The molecule has 0 saturated carbocycles. The van der Waals surface area contributed by atoms with Gasteiger partial charge in [0.15, 0.2) is 0 Å². The van der Waals surface area contributed by atoms with E-state index in [1.54, 1.807) is 12.1 Å². The molecule has 5 heteroatoms. The molecule has 1 atom stereocenters. The number of carbonyl (C=O) groups excluding carboxylic acids is 2. The van der Waals surface area contributed by atoms with Crippen molar-refractivity contribution in [1.82, 2.24) is 4.90 Å². The zero-order valence-corrected chi connectivity index (χ0v) is 14.5. The molecule has 0 spiro atoms. The summed E-state index contributed by atoms with van der Waals surface area (Å²) < 4.78 is 0. The summed E-state index contributed by atoms with van der Waals surface area (Å²) in [5.74, 6) is -0.0950. The number of aryl methyl sites for hydroxylation is 1. The van der Waals surface area contributed by atoms with Crippen LogP contribution in [-0.2, 0) is 0 Å². The monoisotopic (exact) mass is 335 g/mol. The third-order valence-corrected chi connectivity index (χ3v) is 5.11. The van der Waals surface area contributed by atoms with Crippen molar-refractivity contribution in [3.63, 3.8) is 0 Å². The number of hydrogen-bond acceptors (Lipinski definition) is 3. The summed E-state index contributed by atoms with van der Waals surface area (Å²) in [6.45, 7) is 2.82. The Bertz CT molecular complexity index is 845. The lowest BCUT2D eigenvalue weighted by Gasteiger charge is -2.40. The molecule has 2 heterocycles. The summed E-state index contributed by atoms with van der Waals surface area (Å²) in [7, 11) is 2.00. The molecule has 2 aliphatic rings. The third kappa shape index (κ3) is 2.65. The van der Waals surface area contributed by atoms with Crippen LogP contribution in [0.15, 0.2) is 42.5 Å². The lowest BCUT2D eigenvalue weighted by atomic mass is 10.0. The number of nitrogens with one attached hydrogen (secondary N) is 1. The average molecular weight is 335 g/mol. The van der Waals surface area contributed by atoms with Gasteiger partial charge in [-0.25, -0.2) is 0 Å². The normalized spacial score (nSPS) is 18.8. The first-order chi connectivity index (χ1) is 12.0. The Morgan fingerprint density at radius 1 is 1.16 bits per heavy atom. The molecule has 1 fully saturated rings. The van der Waals surface area contributed by atoms with Crippen molar-refractivity contribution in [2.24, 2.45) is 0 Å². The number of fused-ring (bicyclic) bond motifs is 2. The van der Waals surface area contributed by atoms with Crippen LogP contribution in [0.4, 0.5) is 11.4 Å². The molecule has 1 saturated heterocycles. The molecule has 5 nitrogen and oxygen atoms in total. The van der Waals surface area contributed by atoms with E-state index in [1.165, 1.54) is 0 Å². The maximum absolute atomic E-state index is 12.6. The molecular weight excluding hydrogens is 314 g/mol. The lowest BCUT2D eigenvalue weighted by Crippen LogP contribution is -2.50. The van der Waals surface area contributed by atoms with E-state index in [0.717, 1.165) is 36.3 Å². The summed E-state index contributed by atoms with van der Waals surface area (Å²) in [5, 5.41) is 2.91. The van der Waals surface area contributed by atoms with Crippen molar-refractivity contribution in [2.75, 3.05) is 23.8 Å². The molecular formula is C20H21N3O2. The van der Waals surface area contributed by atoms with E-state index in [1.807, 2.05) is 49.2 Å². The van der Waals surface area contributed by atoms with Gasteiger partial charge in [0.05, 0.1) is 11.3 Å². The molecule has 2 amide bonds. The molecule has 2 aromatic carbocycles. The maximum atomic E-state index is 12.6. The highest BCUT2D eigenvalue weighted by Crippen LogP contribution is 2.35. The number of rotatable bonds is 2. The number of carbonyl (C=O) groups is 2. The van der Waals surface area contributed by atoms with Crippen LogP contribution in [0.1, 0.15) is 39.1 Å². The number of benzene rings is 2. The second kappa shape index (κ2) is 5.92. The fraction of sp³-hybridized carbons (Fsp3) is 0.300. The molecule has 4 rings (SSSR count). The van der Waals surface area contributed by atoms with Gasteiger partial charge in [0.25, 0.3) is 11.8 Å². The van der Waals surface area contributed by atoms with Crippen molar-refractivity contribution in [3.05, 3.63) is 59.2 Å². The topological polar surface area (TPSA) is 52.7 Å². The molecule has 2 aromatic rings. The number of amides is 2. The van der Waals surface area contributed by atoms with Gasteiger partial charge in [0.1, 0.15) is 6.17 Å². The Labute approximate surface area is 147 Å². The van der Waals surface area contributed by atoms with Crippen LogP contribution in [0.3, 0.4) is 0 Å². The highest BCUT2D eigenvalue weighted by molar-refractivity contribution is 6.08. The van der Waals surface area contributed by atoms with E-state index >= 15 is 0 Å². The maximum Gasteiger partial charge on any atom is 0.257 e. The van der Waals surface area contributed by atoms with Crippen LogP contribution in [0.25, 0.3) is 0 Å². The van der Waals surface area contributed by atoms with Gasteiger partial charge in [0.2, 0.25) is 0 Å². The Kier molecular flexibility index (Phi) is 3.71. The zero-order valence-electron chi connectivity index (χ0n) is 14.5. The fourth-order valence-electron chi connectivity index (χ4n) is 3.69. The van der Waals surface area contributed by atoms with Crippen LogP contribution in [0, 0.1) is 6.92 Å². The lowest BCUT2D eigenvalue weighted by molar-refractivity contribution is 0.0719. The van der Waals surface area contributed by atoms with Crippen LogP contribution in [0.2, 0.25) is 0 Å². The van der Waals surface area contributed by atoms with E-state index in [4.69, 9.17) is 0 Å². The molecule has 25 heavy (non-hydrogen) atoms. The van der Waals surface area contributed by atoms with Crippen LogP contribution in [-0.4, -0.2) is 36.5 Å². The van der Waals surface area contributed by atoms with E-state index in [-0.39, 0.29) is 18.0 Å². The Hall–Kier alpha value is -2.82. The van der Waals surface area contributed by atoms with Crippen LogP contribution >= 0.6 is 0 Å². The predicted octanol–water partition coefficient (Wildman–Crippen LogP) is 3.26. The first-order valence-corrected chi connectivity index (χ1v) is 8.60. The Balaban J connectivity index is 1.62. The third-order valence-electron chi connectivity index (χ3n) is 5.11. The van der Waals surface area contributed by atoms with E-state index in [0.29, 0.717) is 11.1 Å². The summed E-state index contributed by atoms with van der Waals surface area (Å²) in [6, 6.07) is 13.0. The van der Waals surface area contributed by atoms with Gasteiger partial charge in [-0.05, 0) is 50.1 Å². The first kappa shape index (κ1) is 15.7. The summed E-state index contributed by atoms with van der Waals surface area (Å²) >= 11 is 0. The molecule has 1 unspecified atom stereocenters.